The van der Waals surface area contributed by atoms with Crippen molar-refractivity contribution in [3.05, 3.63) is 0 Å². The van der Waals surface area contributed by atoms with Gasteiger partial charge in [-0.1, -0.05) is 0 Å². The molecule has 0 aliphatic heterocycles. The van der Waals surface area contributed by atoms with Crippen LogP contribution in [-0.2, 0) is 25.1 Å². The molecule has 1 atom stereocenters. The van der Waals surface area contributed by atoms with E-state index >= 15 is 0 Å². The summed E-state index contributed by atoms with van der Waals surface area (Å²) >= 11 is -2.19. The molecule has 0 saturated heterocycles. The maximum absolute atomic E-state index is 10.2. The second-order valence-corrected chi connectivity index (χ2v) is 2.76. The Morgan fingerprint density at radius 2 is 2.00 bits per heavy atom. The van der Waals surface area contributed by atoms with E-state index in [0.29, 0.717) is 19.4 Å². The summed E-state index contributed by atoms with van der Waals surface area (Å²) in [5, 5.41) is 0. The summed E-state index contributed by atoms with van der Waals surface area (Å²) in [6.45, 7) is 1.86. The van der Waals surface area contributed by atoms with Crippen LogP contribution in [0.15, 0.2) is 0 Å². The van der Waals surface area contributed by atoms with Crippen molar-refractivity contribution in [1.29, 1.82) is 0 Å². The number of hydrogen-bond acceptors (Lipinski definition) is 4. The highest BCUT2D eigenvalue weighted by atomic mass is 32.2. The fourth-order valence-electron chi connectivity index (χ4n) is 0.550. The molecule has 0 aromatic rings. The predicted octanol–water partition coefficient (Wildman–Crippen LogP) is 0.483. The van der Waals surface area contributed by atoms with E-state index in [9.17, 15) is 9.00 Å². The second-order valence-electron chi connectivity index (χ2n) is 2.09. The smallest absolute Gasteiger partial charge is 0.302 e. The van der Waals surface area contributed by atoms with Crippen molar-refractivity contribution >= 4 is 17.3 Å². The molecule has 0 aliphatic rings. The summed E-state index contributed by atoms with van der Waals surface area (Å²) < 4.78 is 27.1. The number of hydrogen-bond donors (Lipinski definition) is 1. The molecular weight excluding hydrogens is 184 g/mol. The van der Waals surface area contributed by atoms with Crippen molar-refractivity contribution < 1.29 is 22.5 Å². The Hall–Kier alpha value is -0.460. The van der Waals surface area contributed by atoms with Crippen molar-refractivity contribution in [2.24, 2.45) is 0 Å². The zero-order valence-corrected chi connectivity index (χ0v) is 7.63. The molecule has 0 bridgehead atoms. The van der Waals surface area contributed by atoms with Gasteiger partial charge in [0.1, 0.15) is 0 Å². The molecule has 1 unspecified atom stereocenters. The van der Waals surface area contributed by atoms with Gasteiger partial charge in [0.15, 0.2) is 0 Å². The van der Waals surface area contributed by atoms with Gasteiger partial charge in [-0.05, 0) is 12.8 Å². The van der Waals surface area contributed by atoms with Gasteiger partial charge in [0.25, 0.3) is 0 Å². The minimum atomic E-state index is -2.19. The lowest BCUT2D eigenvalue weighted by Crippen LogP contribution is -2.03. The molecular formula is C6H12O5S. The van der Waals surface area contributed by atoms with Gasteiger partial charge in [-0.3, -0.25) is 13.5 Å². The molecule has 0 aromatic heterocycles. The molecule has 0 radical (unpaired) electrons. The van der Waals surface area contributed by atoms with Crippen LogP contribution in [0.25, 0.3) is 0 Å². The number of ether oxygens (including phenoxy) is 1. The van der Waals surface area contributed by atoms with Crippen LogP contribution >= 0.6 is 0 Å². The topological polar surface area (TPSA) is 72.8 Å². The fourth-order valence-corrected chi connectivity index (χ4v) is 0.811. The summed E-state index contributed by atoms with van der Waals surface area (Å²) in [4.78, 5) is 10.2. The van der Waals surface area contributed by atoms with Crippen LogP contribution in [0.1, 0.15) is 19.8 Å². The molecule has 72 valence electrons. The first-order chi connectivity index (χ1) is 5.63. The van der Waals surface area contributed by atoms with Crippen molar-refractivity contribution in [2.45, 2.75) is 19.8 Å². The van der Waals surface area contributed by atoms with E-state index in [-0.39, 0.29) is 12.6 Å². The standard InChI is InChI=1S/C6H12O5S/c1-6(7)10-4-2-3-5-11-12(8)9/h2-5H2,1H3,(H,8,9). The lowest BCUT2D eigenvalue weighted by molar-refractivity contribution is -0.141. The van der Waals surface area contributed by atoms with E-state index < -0.39 is 11.4 Å². The third-order valence-electron chi connectivity index (χ3n) is 1.03. The first-order valence-corrected chi connectivity index (χ1v) is 4.53. The van der Waals surface area contributed by atoms with Gasteiger partial charge in [0, 0.05) is 6.92 Å². The average molecular weight is 196 g/mol. The van der Waals surface area contributed by atoms with Crippen LogP contribution in [0.3, 0.4) is 0 Å². The Kier molecular flexibility index (Phi) is 6.93. The molecule has 0 amide bonds. The monoisotopic (exact) mass is 196 g/mol. The van der Waals surface area contributed by atoms with Gasteiger partial charge in [-0.2, -0.15) is 4.21 Å². The van der Waals surface area contributed by atoms with Crippen LogP contribution in [0.5, 0.6) is 0 Å². The molecule has 5 nitrogen and oxygen atoms in total. The Morgan fingerprint density at radius 1 is 1.42 bits per heavy atom. The highest BCUT2D eigenvalue weighted by Crippen LogP contribution is 1.92. The minimum absolute atomic E-state index is 0.199. The normalized spacial score (nSPS) is 12.5. The minimum Gasteiger partial charge on any atom is -0.466 e. The third-order valence-corrected chi connectivity index (χ3v) is 1.40. The quantitative estimate of drug-likeness (QED) is 0.380. The summed E-state index contributed by atoms with van der Waals surface area (Å²) in [5.41, 5.74) is 0. The van der Waals surface area contributed by atoms with Gasteiger partial charge in [-0.15, -0.1) is 0 Å². The van der Waals surface area contributed by atoms with E-state index in [1.807, 2.05) is 0 Å². The Bertz CT molecular complexity index is 140. The zero-order valence-electron chi connectivity index (χ0n) is 6.82. The van der Waals surface area contributed by atoms with Crippen LogP contribution in [0.2, 0.25) is 0 Å². The van der Waals surface area contributed by atoms with Crippen LogP contribution in [-0.4, -0.2) is 27.9 Å². The molecule has 6 heteroatoms. The molecule has 0 aromatic carbocycles. The molecule has 12 heavy (non-hydrogen) atoms. The van der Waals surface area contributed by atoms with E-state index in [1.165, 1.54) is 6.92 Å². The molecule has 1 N–H and O–H groups in total. The largest absolute Gasteiger partial charge is 0.466 e. The first kappa shape index (κ1) is 11.5. The molecule has 0 fully saturated rings. The molecule has 0 heterocycles. The van der Waals surface area contributed by atoms with Gasteiger partial charge >= 0.3 is 17.3 Å². The summed E-state index contributed by atoms with van der Waals surface area (Å²) in [6, 6.07) is 0. The van der Waals surface area contributed by atoms with Gasteiger partial charge in [-0.25, -0.2) is 0 Å². The Morgan fingerprint density at radius 3 is 2.50 bits per heavy atom. The molecule has 0 spiro atoms. The number of carbonyl (C=O) groups is 1. The zero-order chi connectivity index (χ0) is 9.40. The summed E-state index contributed by atoms with van der Waals surface area (Å²) in [7, 11) is 0. The number of carbonyl (C=O) groups excluding carboxylic acids is 1. The number of esters is 1. The highest BCUT2D eigenvalue weighted by molar-refractivity contribution is 7.74. The van der Waals surface area contributed by atoms with E-state index in [2.05, 4.69) is 8.92 Å². The number of rotatable bonds is 6. The van der Waals surface area contributed by atoms with Gasteiger partial charge < -0.3 is 4.74 Å². The number of unbranched alkanes of at least 4 members (excludes halogenated alkanes) is 1. The van der Waals surface area contributed by atoms with Crippen molar-refractivity contribution in [2.75, 3.05) is 13.2 Å². The summed E-state index contributed by atoms with van der Waals surface area (Å²) in [5.74, 6) is -0.318. The molecule has 0 saturated carbocycles. The van der Waals surface area contributed by atoms with Crippen molar-refractivity contribution in [3.63, 3.8) is 0 Å². The van der Waals surface area contributed by atoms with Crippen LogP contribution in [0.4, 0.5) is 0 Å². The fraction of sp³-hybridized carbons (Fsp3) is 0.833. The van der Waals surface area contributed by atoms with E-state index in [4.69, 9.17) is 4.55 Å². The lowest BCUT2D eigenvalue weighted by atomic mass is 10.3. The third kappa shape index (κ3) is 9.54. The van der Waals surface area contributed by atoms with Crippen LogP contribution < -0.4 is 0 Å². The molecule has 0 aliphatic carbocycles. The van der Waals surface area contributed by atoms with Crippen molar-refractivity contribution in [3.8, 4) is 0 Å². The van der Waals surface area contributed by atoms with Crippen LogP contribution in [0, 0.1) is 0 Å². The summed E-state index contributed by atoms with van der Waals surface area (Å²) in [6.07, 6.45) is 1.23. The SMILES string of the molecule is CC(=O)OCCCCOS(=O)O. The second kappa shape index (κ2) is 7.20. The highest BCUT2D eigenvalue weighted by Gasteiger charge is 1.95. The van der Waals surface area contributed by atoms with Crippen molar-refractivity contribution in [1.82, 2.24) is 0 Å². The maximum atomic E-state index is 10.2. The van der Waals surface area contributed by atoms with Gasteiger partial charge in [0.05, 0.1) is 13.2 Å². The van der Waals surface area contributed by atoms with E-state index in [1.54, 1.807) is 0 Å². The lowest BCUT2D eigenvalue weighted by Gasteiger charge is -2.00. The van der Waals surface area contributed by atoms with E-state index in [0.717, 1.165) is 0 Å². The van der Waals surface area contributed by atoms with Gasteiger partial charge in [0.2, 0.25) is 0 Å². The first-order valence-electron chi connectivity index (χ1n) is 3.50. The Labute approximate surface area is 73.5 Å². The predicted molar refractivity (Wildman–Crippen MR) is 42.6 cm³/mol. The average Bonchev–Trinajstić information content (AvgIpc) is 1.95. The Balaban J connectivity index is 3.01. The maximum Gasteiger partial charge on any atom is 0.302 e. The molecule has 0 rings (SSSR count).